The Labute approximate surface area is 146 Å². The molecule has 2 rings (SSSR count). The first kappa shape index (κ1) is 18.1. The summed E-state index contributed by atoms with van der Waals surface area (Å²) in [4.78, 5) is 16.7. The first-order valence-electron chi connectivity index (χ1n) is 7.52. The summed E-state index contributed by atoms with van der Waals surface area (Å²) in [5.74, 6) is 1.39. The highest BCUT2D eigenvalue weighted by atomic mass is 32.2. The number of ketones is 1. The van der Waals surface area contributed by atoms with E-state index in [4.69, 9.17) is 9.47 Å². The Kier molecular flexibility index (Phi) is 6.88. The Morgan fingerprint density at radius 1 is 1.12 bits per heavy atom. The summed E-state index contributed by atoms with van der Waals surface area (Å²) in [7, 11) is 3.18. The van der Waals surface area contributed by atoms with Crippen molar-refractivity contribution in [2.75, 3.05) is 27.0 Å². The van der Waals surface area contributed by atoms with Gasteiger partial charge in [-0.2, -0.15) is 0 Å². The van der Waals surface area contributed by atoms with E-state index in [-0.39, 0.29) is 17.6 Å². The third-order valence-corrected chi connectivity index (χ3v) is 4.53. The van der Waals surface area contributed by atoms with Crippen molar-refractivity contribution in [3.05, 3.63) is 59.7 Å². The van der Waals surface area contributed by atoms with Crippen LogP contribution < -0.4 is 9.47 Å². The first-order chi connectivity index (χ1) is 11.7. The van der Waals surface area contributed by atoms with Gasteiger partial charge in [0.2, 0.25) is 0 Å². The molecule has 0 aliphatic heterocycles. The second-order valence-corrected chi connectivity index (χ2v) is 6.02. The molecule has 1 atom stereocenters. The molecule has 0 saturated heterocycles. The van der Waals surface area contributed by atoms with Crippen LogP contribution in [0, 0.1) is 0 Å². The zero-order valence-corrected chi connectivity index (χ0v) is 14.9. The number of thioether (sulfide) groups is 1. The van der Waals surface area contributed by atoms with Gasteiger partial charge < -0.3 is 9.47 Å². The van der Waals surface area contributed by atoms with Gasteiger partial charge in [0.25, 0.3) is 0 Å². The molecule has 0 aromatic heterocycles. The lowest BCUT2D eigenvalue weighted by Crippen LogP contribution is -2.12. The van der Waals surface area contributed by atoms with E-state index in [9.17, 15) is 4.79 Å². The maximum absolute atomic E-state index is 12.4. The molecule has 2 aromatic carbocycles. The number of aliphatic imine (C=N–C) groups is 1. The van der Waals surface area contributed by atoms with Gasteiger partial charge in [-0.1, -0.05) is 30.3 Å². The Morgan fingerprint density at radius 3 is 2.46 bits per heavy atom. The third kappa shape index (κ3) is 4.61. The van der Waals surface area contributed by atoms with E-state index in [0.717, 1.165) is 11.1 Å². The molecule has 5 heteroatoms. The van der Waals surface area contributed by atoms with Crippen molar-refractivity contribution in [3.63, 3.8) is 0 Å². The van der Waals surface area contributed by atoms with E-state index in [1.54, 1.807) is 20.4 Å². The summed E-state index contributed by atoms with van der Waals surface area (Å²) in [5, 5.41) is -0.186. The topological polar surface area (TPSA) is 47.9 Å². The van der Waals surface area contributed by atoms with Crippen LogP contribution in [-0.2, 0) is 4.79 Å². The largest absolute Gasteiger partial charge is 0.493 e. The van der Waals surface area contributed by atoms with Crippen LogP contribution in [-0.4, -0.2) is 39.0 Å². The van der Waals surface area contributed by atoms with Crippen LogP contribution in [0.5, 0.6) is 11.5 Å². The van der Waals surface area contributed by atoms with Gasteiger partial charge in [0.1, 0.15) is 0 Å². The van der Waals surface area contributed by atoms with Crippen LogP contribution in [0.15, 0.2) is 53.5 Å². The summed E-state index contributed by atoms with van der Waals surface area (Å²) < 4.78 is 10.5. The van der Waals surface area contributed by atoms with Gasteiger partial charge in [-0.25, -0.2) is 0 Å². The molecule has 4 nitrogen and oxygen atoms in total. The monoisotopic (exact) mass is 343 g/mol. The number of benzene rings is 2. The minimum atomic E-state index is -0.186. The van der Waals surface area contributed by atoms with E-state index in [0.29, 0.717) is 11.5 Å². The first-order valence-corrected chi connectivity index (χ1v) is 8.80. The summed E-state index contributed by atoms with van der Waals surface area (Å²) in [6.07, 6.45) is 3.62. The zero-order valence-electron chi connectivity index (χ0n) is 14.1. The van der Waals surface area contributed by atoms with Gasteiger partial charge in [0, 0.05) is 6.21 Å². The van der Waals surface area contributed by atoms with Crippen LogP contribution in [0.2, 0.25) is 0 Å². The lowest BCUT2D eigenvalue weighted by atomic mass is 10.1. The van der Waals surface area contributed by atoms with Crippen LogP contribution in [0.3, 0.4) is 0 Å². The predicted octanol–water partition coefficient (Wildman–Crippen LogP) is 3.80. The van der Waals surface area contributed by atoms with Gasteiger partial charge in [-0.3, -0.25) is 9.79 Å². The molecule has 0 heterocycles. The van der Waals surface area contributed by atoms with Crippen LogP contribution >= 0.6 is 11.8 Å². The molecule has 0 saturated carbocycles. The quantitative estimate of drug-likeness (QED) is 0.684. The summed E-state index contributed by atoms with van der Waals surface area (Å²) >= 11 is 1.53. The fourth-order valence-electron chi connectivity index (χ4n) is 2.34. The molecule has 0 fully saturated rings. The number of hydrogen-bond acceptors (Lipinski definition) is 5. The SMILES string of the molecule is COc1ccc(C=NCC(=O)C(SC)c2ccccc2)cc1OC. The number of methoxy groups -OCH3 is 2. The van der Waals surface area contributed by atoms with Gasteiger partial charge in [-0.05, 0) is 35.6 Å². The van der Waals surface area contributed by atoms with Crippen molar-refractivity contribution in [2.24, 2.45) is 4.99 Å². The van der Waals surface area contributed by atoms with Crippen molar-refractivity contribution in [3.8, 4) is 11.5 Å². The predicted molar refractivity (Wildman–Crippen MR) is 99.7 cm³/mol. The Balaban J connectivity index is 2.04. The standard InChI is InChI=1S/C19H21NO3S/c1-22-17-10-9-14(11-18(17)23-2)12-20-13-16(21)19(24-3)15-7-5-4-6-8-15/h4-12,19H,13H2,1-3H3. The molecule has 0 amide bonds. The Hall–Kier alpha value is -2.27. The summed E-state index contributed by atoms with van der Waals surface area (Å²) in [6, 6.07) is 15.3. The number of nitrogens with zero attached hydrogens (tertiary/aromatic N) is 1. The number of Topliss-reactive ketones (excluding diaryl/α,β-unsaturated/α-hetero) is 1. The summed E-state index contributed by atoms with van der Waals surface area (Å²) in [5.41, 5.74) is 1.87. The highest BCUT2D eigenvalue weighted by Crippen LogP contribution is 2.28. The highest BCUT2D eigenvalue weighted by Gasteiger charge is 2.18. The van der Waals surface area contributed by atoms with E-state index in [1.807, 2.05) is 54.8 Å². The molecule has 126 valence electrons. The van der Waals surface area contributed by atoms with Crippen molar-refractivity contribution in [1.82, 2.24) is 0 Å². The molecule has 0 spiro atoms. The molecule has 24 heavy (non-hydrogen) atoms. The van der Waals surface area contributed by atoms with Gasteiger partial charge in [0.15, 0.2) is 17.3 Å². The minimum Gasteiger partial charge on any atom is -0.493 e. The zero-order chi connectivity index (χ0) is 17.4. The highest BCUT2D eigenvalue weighted by molar-refractivity contribution is 7.99. The van der Waals surface area contributed by atoms with Crippen LogP contribution in [0.1, 0.15) is 16.4 Å². The molecule has 0 aliphatic carbocycles. The second kappa shape index (κ2) is 9.13. The second-order valence-electron chi connectivity index (χ2n) is 5.08. The smallest absolute Gasteiger partial charge is 0.171 e. The molecule has 2 aromatic rings. The third-order valence-electron chi connectivity index (χ3n) is 3.53. The van der Waals surface area contributed by atoms with Crippen molar-refractivity contribution in [1.29, 1.82) is 0 Å². The number of hydrogen-bond donors (Lipinski definition) is 0. The molecule has 0 radical (unpaired) electrons. The van der Waals surface area contributed by atoms with Crippen molar-refractivity contribution in [2.45, 2.75) is 5.25 Å². The maximum atomic E-state index is 12.4. The average molecular weight is 343 g/mol. The van der Waals surface area contributed by atoms with E-state index < -0.39 is 0 Å². The summed E-state index contributed by atoms with van der Waals surface area (Å²) in [6.45, 7) is 0.148. The van der Waals surface area contributed by atoms with E-state index >= 15 is 0 Å². The molecule has 0 aliphatic rings. The van der Waals surface area contributed by atoms with Gasteiger partial charge in [-0.15, -0.1) is 11.8 Å². The fraction of sp³-hybridized carbons (Fsp3) is 0.263. The normalized spacial score (nSPS) is 12.1. The molecule has 0 bridgehead atoms. The van der Waals surface area contributed by atoms with Gasteiger partial charge in [0.05, 0.1) is 26.0 Å². The minimum absolute atomic E-state index is 0.0884. The lowest BCUT2D eigenvalue weighted by molar-refractivity contribution is -0.117. The molecule has 1 unspecified atom stereocenters. The van der Waals surface area contributed by atoms with E-state index in [2.05, 4.69) is 4.99 Å². The number of carbonyl (C=O) groups is 1. The number of carbonyl (C=O) groups excluding carboxylic acids is 1. The Bertz CT molecular complexity index is 701. The Morgan fingerprint density at radius 2 is 1.83 bits per heavy atom. The number of rotatable bonds is 8. The molecular weight excluding hydrogens is 322 g/mol. The maximum Gasteiger partial charge on any atom is 0.171 e. The van der Waals surface area contributed by atoms with Crippen LogP contribution in [0.4, 0.5) is 0 Å². The molecular formula is C19H21NO3S. The lowest BCUT2D eigenvalue weighted by Gasteiger charge is -2.12. The fourth-order valence-corrected chi connectivity index (χ4v) is 3.11. The van der Waals surface area contributed by atoms with E-state index in [1.165, 1.54) is 11.8 Å². The van der Waals surface area contributed by atoms with Gasteiger partial charge >= 0.3 is 0 Å². The van der Waals surface area contributed by atoms with Crippen molar-refractivity contribution >= 4 is 23.8 Å². The number of ether oxygens (including phenoxy) is 2. The average Bonchev–Trinajstić information content (AvgIpc) is 2.63. The molecule has 0 N–H and O–H groups in total. The van der Waals surface area contributed by atoms with Crippen molar-refractivity contribution < 1.29 is 14.3 Å². The van der Waals surface area contributed by atoms with Crippen LogP contribution in [0.25, 0.3) is 0 Å².